The second-order valence-corrected chi connectivity index (χ2v) is 7.70. The summed E-state index contributed by atoms with van der Waals surface area (Å²) in [5.74, 6) is -0.385. The Hall–Kier alpha value is -1.92. The smallest absolute Gasteiger partial charge is 0.242 e. The summed E-state index contributed by atoms with van der Waals surface area (Å²) in [7, 11) is 0. The number of halogens is 1. The molecule has 0 fully saturated rings. The van der Waals surface area contributed by atoms with Crippen LogP contribution in [0.25, 0.3) is 0 Å². The standard InChI is InChI=1S/C19H24ClN3O2S/c1-4-12(2)21-19(25)13(3)22-17(24)10-16-11-26-18(23-16)9-14-6-5-7-15(20)8-14/h5-8,11-13H,4,9-10H2,1-3H3,(H,21,25)(H,22,24). The molecule has 2 aromatic rings. The van der Waals surface area contributed by atoms with Crippen molar-refractivity contribution in [1.29, 1.82) is 0 Å². The van der Waals surface area contributed by atoms with Gasteiger partial charge in [0.15, 0.2) is 0 Å². The number of hydrogen-bond donors (Lipinski definition) is 2. The third-order valence-corrected chi connectivity index (χ3v) is 5.09. The van der Waals surface area contributed by atoms with Crippen molar-refractivity contribution in [2.75, 3.05) is 0 Å². The van der Waals surface area contributed by atoms with E-state index in [1.54, 1.807) is 6.92 Å². The first-order valence-corrected chi connectivity index (χ1v) is 9.90. The van der Waals surface area contributed by atoms with Crippen molar-refractivity contribution < 1.29 is 9.59 Å². The lowest BCUT2D eigenvalue weighted by atomic mass is 10.2. The van der Waals surface area contributed by atoms with Gasteiger partial charge in [0.05, 0.1) is 17.1 Å². The lowest BCUT2D eigenvalue weighted by Gasteiger charge is -2.17. The Morgan fingerprint density at radius 1 is 1.27 bits per heavy atom. The summed E-state index contributed by atoms with van der Waals surface area (Å²) >= 11 is 7.51. The van der Waals surface area contributed by atoms with Crippen LogP contribution in [0, 0.1) is 0 Å². The molecule has 1 aromatic carbocycles. The Morgan fingerprint density at radius 3 is 2.73 bits per heavy atom. The molecule has 2 N–H and O–H groups in total. The van der Waals surface area contributed by atoms with Crippen LogP contribution >= 0.6 is 22.9 Å². The Kier molecular flexibility index (Phi) is 7.60. The number of aromatic nitrogens is 1. The Balaban J connectivity index is 1.86. The monoisotopic (exact) mass is 393 g/mol. The number of nitrogens with one attached hydrogen (secondary N) is 2. The van der Waals surface area contributed by atoms with Crippen LogP contribution < -0.4 is 10.6 Å². The number of carbonyl (C=O) groups is 2. The first-order valence-electron chi connectivity index (χ1n) is 8.64. The Bertz CT molecular complexity index is 763. The van der Waals surface area contributed by atoms with E-state index in [1.165, 1.54) is 11.3 Å². The minimum absolute atomic E-state index is 0.0921. The molecule has 2 unspecified atom stereocenters. The number of nitrogens with zero attached hydrogens (tertiary/aromatic N) is 1. The number of carbonyl (C=O) groups excluding carboxylic acids is 2. The van der Waals surface area contributed by atoms with E-state index < -0.39 is 6.04 Å². The summed E-state index contributed by atoms with van der Waals surface area (Å²) in [4.78, 5) is 28.6. The summed E-state index contributed by atoms with van der Waals surface area (Å²) in [6.07, 6.45) is 1.69. The minimum atomic E-state index is -0.568. The summed E-state index contributed by atoms with van der Waals surface area (Å²) < 4.78 is 0. The van der Waals surface area contributed by atoms with Crippen molar-refractivity contribution in [2.45, 2.75) is 52.1 Å². The third kappa shape index (κ3) is 6.42. The molecule has 2 amide bonds. The maximum atomic E-state index is 12.2. The van der Waals surface area contributed by atoms with E-state index in [-0.39, 0.29) is 24.3 Å². The number of rotatable bonds is 8. The van der Waals surface area contributed by atoms with E-state index >= 15 is 0 Å². The molecule has 0 aliphatic carbocycles. The third-order valence-electron chi connectivity index (χ3n) is 3.96. The second-order valence-electron chi connectivity index (χ2n) is 6.32. The second kappa shape index (κ2) is 9.69. The molecule has 26 heavy (non-hydrogen) atoms. The minimum Gasteiger partial charge on any atom is -0.352 e. The SMILES string of the molecule is CCC(C)NC(=O)C(C)NC(=O)Cc1csc(Cc2cccc(Cl)c2)n1. The molecule has 1 aromatic heterocycles. The van der Waals surface area contributed by atoms with Gasteiger partial charge in [-0.05, 0) is 38.0 Å². The van der Waals surface area contributed by atoms with Crippen molar-refractivity contribution in [3.05, 3.63) is 50.9 Å². The van der Waals surface area contributed by atoms with E-state index in [1.807, 2.05) is 43.5 Å². The number of amides is 2. The lowest BCUT2D eigenvalue weighted by molar-refractivity contribution is -0.128. The molecule has 0 bridgehead atoms. The Labute approximate surface area is 163 Å². The first-order chi connectivity index (χ1) is 12.4. The summed E-state index contributed by atoms with van der Waals surface area (Å²) in [5.41, 5.74) is 1.79. The highest BCUT2D eigenvalue weighted by Crippen LogP contribution is 2.18. The molecule has 2 atom stereocenters. The van der Waals surface area contributed by atoms with Crippen LogP contribution in [-0.2, 0) is 22.4 Å². The van der Waals surface area contributed by atoms with E-state index in [2.05, 4.69) is 15.6 Å². The fraction of sp³-hybridized carbons (Fsp3) is 0.421. The summed E-state index contributed by atoms with van der Waals surface area (Å²) in [6.45, 7) is 5.61. The highest BCUT2D eigenvalue weighted by Gasteiger charge is 2.17. The van der Waals surface area contributed by atoms with Crippen molar-refractivity contribution in [3.63, 3.8) is 0 Å². The van der Waals surface area contributed by atoms with Crippen molar-refractivity contribution in [2.24, 2.45) is 0 Å². The van der Waals surface area contributed by atoms with Gasteiger partial charge in [0, 0.05) is 22.9 Å². The topological polar surface area (TPSA) is 71.1 Å². The zero-order valence-electron chi connectivity index (χ0n) is 15.2. The van der Waals surface area contributed by atoms with Gasteiger partial charge < -0.3 is 10.6 Å². The molecule has 0 aliphatic heterocycles. The van der Waals surface area contributed by atoms with Crippen LogP contribution in [0.5, 0.6) is 0 Å². The van der Waals surface area contributed by atoms with E-state index in [0.717, 1.165) is 17.0 Å². The Morgan fingerprint density at radius 2 is 2.04 bits per heavy atom. The van der Waals surface area contributed by atoms with Crippen LogP contribution in [-0.4, -0.2) is 28.9 Å². The largest absolute Gasteiger partial charge is 0.352 e. The molecule has 0 aliphatic rings. The molecular formula is C19H24ClN3O2S. The molecule has 0 saturated heterocycles. The van der Waals surface area contributed by atoms with Gasteiger partial charge in [0.25, 0.3) is 0 Å². The van der Waals surface area contributed by atoms with Crippen LogP contribution in [0.3, 0.4) is 0 Å². The van der Waals surface area contributed by atoms with Gasteiger partial charge >= 0.3 is 0 Å². The van der Waals surface area contributed by atoms with Gasteiger partial charge in [0.2, 0.25) is 11.8 Å². The van der Waals surface area contributed by atoms with Gasteiger partial charge in [-0.15, -0.1) is 11.3 Å². The molecule has 0 saturated carbocycles. The van der Waals surface area contributed by atoms with Crippen molar-refractivity contribution >= 4 is 34.8 Å². The van der Waals surface area contributed by atoms with Crippen LogP contribution in [0.15, 0.2) is 29.6 Å². The van der Waals surface area contributed by atoms with Gasteiger partial charge in [-0.1, -0.05) is 30.7 Å². The van der Waals surface area contributed by atoms with Crippen LogP contribution in [0.4, 0.5) is 0 Å². The molecule has 7 heteroatoms. The molecule has 2 rings (SSSR count). The predicted molar refractivity (Wildman–Crippen MR) is 106 cm³/mol. The number of benzene rings is 1. The average Bonchev–Trinajstić information content (AvgIpc) is 3.01. The maximum absolute atomic E-state index is 12.2. The normalized spacial score (nSPS) is 13.1. The van der Waals surface area contributed by atoms with Gasteiger partial charge in [0.1, 0.15) is 6.04 Å². The summed E-state index contributed by atoms with van der Waals surface area (Å²) in [5, 5.41) is 9.08. The molecule has 0 spiro atoms. The first kappa shape index (κ1) is 20.4. The van der Waals surface area contributed by atoms with Gasteiger partial charge in [-0.2, -0.15) is 0 Å². The molecule has 5 nitrogen and oxygen atoms in total. The highest BCUT2D eigenvalue weighted by molar-refractivity contribution is 7.09. The fourth-order valence-electron chi connectivity index (χ4n) is 2.33. The van der Waals surface area contributed by atoms with Crippen LogP contribution in [0.1, 0.15) is 43.5 Å². The highest BCUT2D eigenvalue weighted by atomic mass is 35.5. The van der Waals surface area contributed by atoms with Crippen molar-refractivity contribution in [1.82, 2.24) is 15.6 Å². The zero-order chi connectivity index (χ0) is 19.1. The maximum Gasteiger partial charge on any atom is 0.242 e. The predicted octanol–water partition coefficient (Wildman–Crippen LogP) is 3.35. The lowest BCUT2D eigenvalue weighted by Crippen LogP contribution is -2.47. The number of hydrogen-bond acceptors (Lipinski definition) is 4. The fourth-order valence-corrected chi connectivity index (χ4v) is 3.37. The summed E-state index contributed by atoms with van der Waals surface area (Å²) in [6, 6.07) is 7.17. The molecular weight excluding hydrogens is 370 g/mol. The number of thiazole rings is 1. The van der Waals surface area contributed by atoms with E-state index in [9.17, 15) is 9.59 Å². The molecule has 140 valence electrons. The average molecular weight is 394 g/mol. The quantitative estimate of drug-likeness (QED) is 0.722. The molecule has 1 heterocycles. The van der Waals surface area contributed by atoms with E-state index in [0.29, 0.717) is 17.1 Å². The van der Waals surface area contributed by atoms with Crippen molar-refractivity contribution in [3.8, 4) is 0 Å². The van der Waals surface area contributed by atoms with E-state index in [4.69, 9.17) is 11.6 Å². The van der Waals surface area contributed by atoms with Gasteiger partial charge in [-0.3, -0.25) is 9.59 Å². The van der Waals surface area contributed by atoms with Gasteiger partial charge in [-0.25, -0.2) is 4.98 Å². The zero-order valence-corrected chi connectivity index (χ0v) is 16.8. The molecule has 0 radical (unpaired) electrons. The van der Waals surface area contributed by atoms with Crippen LogP contribution in [0.2, 0.25) is 5.02 Å².